The van der Waals surface area contributed by atoms with Crippen LogP contribution in [0.5, 0.6) is 5.75 Å². The predicted octanol–water partition coefficient (Wildman–Crippen LogP) is 2.28. The Morgan fingerprint density at radius 2 is 1.79 bits per heavy atom. The zero-order valence-corrected chi connectivity index (χ0v) is 18.0. The molecule has 2 aromatic heterocycles. The van der Waals surface area contributed by atoms with Crippen molar-refractivity contribution in [3.8, 4) is 5.75 Å². The molecule has 0 saturated heterocycles. The highest BCUT2D eigenvalue weighted by Crippen LogP contribution is 2.28. The number of aromatic nitrogens is 6. The van der Waals surface area contributed by atoms with Crippen LogP contribution < -0.4 is 4.74 Å². The maximum Gasteiger partial charge on any atom is 0.173 e. The van der Waals surface area contributed by atoms with E-state index in [0.29, 0.717) is 11.6 Å². The highest BCUT2D eigenvalue weighted by atomic mass is 19.1. The molecule has 0 aliphatic heterocycles. The van der Waals surface area contributed by atoms with Gasteiger partial charge in [-0.2, -0.15) is 10.2 Å². The molecule has 0 spiro atoms. The zero-order chi connectivity index (χ0) is 24.0. The van der Waals surface area contributed by atoms with Gasteiger partial charge in [0.15, 0.2) is 5.82 Å². The number of benzene rings is 2. The molecule has 2 N–H and O–H groups in total. The van der Waals surface area contributed by atoms with Crippen LogP contribution in [0, 0.1) is 11.6 Å². The van der Waals surface area contributed by atoms with Gasteiger partial charge < -0.3 is 14.9 Å². The summed E-state index contributed by atoms with van der Waals surface area (Å²) in [7, 11) is 0. The maximum atomic E-state index is 14.6. The zero-order valence-electron chi connectivity index (χ0n) is 18.0. The molecule has 0 fully saturated rings. The summed E-state index contributed by atoms with van der Waals surface area (Å²) >= 11 is 0. The van der Waals surface area contributed by atoms with Crippen molar-refractivity contribution in [2.45, 2.75) is 18.7 Å². The summed E-state index contributed by atoms with van der Waals surface area (Å²) in [5.74, 6) is -0.601. The molecule has 176 valence electrons. The van der Waals surface area contributed by atoms with Gasteiger partial charge in [0.25, 0.3) is 0 Å². The average molecular weight is 468 g/mol. The molecular formula is C23H22F2N6O3. The van der Waals surface area contributed by atoms with Crippen molar-refractivity contribution in [1.29, 1.82) is 0 Å². The Bertz CT molecular complexity index is 1240. The Labute approximate surface area is 193 Å². The number of hydrogen-bond acceptors (Lipinski definition) is 7. The van der Waals surface area contributed by atoms with Crippen molar-refractivity contribution >= 4 is 12.2 Å². The summed E-state index contributed by atoms with van der Waals surface area (Å²) in [6.45, 7) is -0.127. The molecule has 0 amide bonds. The minimum atomic E-state index is -1.80. The molecule has 0 radical (unpaired) electrons. The minimum absolute atomic E-state index is 0.0578. The molecule has 0 saturated carbocycles. The number of aliphatic hydroxyl groups excluding tert-OH is 1. The first-order valence-electron chi connectivity index (χ1n) is 10.4. The van der Waals surface area contributed by atoms with Crippen molar-refractivity contribution in [2.24, 2.45) is 0 Å². The van der Waals surface area contributed by atoms with Crippen LogP contribution >= 0.6 is 0 Å². The molecule has 1 atom stereocenters. The Morgan fingerprint density at radius 1 is 1.00 bits per heavy atom. The summed E-state index contributed by atoms with van der Waals surface area (Å²) in [6, 6.07) is 10.2. The van der Waals surface area contributed by atoms with E-state index in [9.17, 15) is 13.9 Å². The van der Waals surface area contributed by atoms with Crippen molar-refractivity contribution in [1.82, 2.24) is 29.5 Å². The van der Waals surface area contributed by atoms with E-state index in [1.54, 1.807) is 24.3 Å². The third kappa shape index (κ3) is 5.69. The number of nitrogens with zero attached hydrogens (tertiary/aromatic N) is 6. The summed E-state index contributed by atoms with van der Waals surface area (Å²) in [6.07, 6.45) is 7.60. The van der Waals surface area contributed by atoms with Crippen molar-refractivity contribution in [3.63, 3.8) is 0 Å². The van der Waals surface area contributed by atoms with Gasteiger partial charge in [-0.3, -0.25) is 0 Å². The predicted molar refractivity (Wildman–Crippen MR) is 118 cm³/mol. The van der Waals surface area contributed by atoms with Crippen LogP contribution in [-0.2, 0) is 18.7 Å². The summed E-state index contributed by atoms with van der Waals surface area (Å²) in [5, 5.41) is 28.5. The van der Waals surface area contributed by atoms with Gasteiger partial charge in [-0.05, 0) is 29.8 Å². The first-order chi connectivity index (χ1) is 16.4. The van der Waals surface area contributed by atoms with E-state index >= 15 is 0 Å². The molecule has 0 bridgehead atoms. The first-order valence-corrected chi connectivity index (χ1v) is 10.4. The molecule has 2 aromatic carbocycles. The van der Waals surface area contributed by atoms with Crippen LogP contribution in [-0.4, -0.2) is 53.0 Å². The van der Waals surface area contributed by atoms with E-state index in [0.717, 1.165) is 17.7 Å². The van der Waals surface area contributed by atoms with Crippen LogP contribution in [0.4, 0.5) is 8.78 Å². The quantitative estimate of drug-likeness (QED) is 0.367. The molecule has 11 heteroatoms. The maximum absolute atomic E-state index is 14.6. The molecule has 0 aliphatic rings. The number of aliphatic hydroxyl groups is 2. The third-order valence-corrected chi connectivity index (χ3v) is 4.97. The van der Waals surface area contributed by atoms with E-state index < -0.39 is 17.2 Å². The monoisotopic (exact) mass is 468 g/mol. The topological polar surface area (TPSA) is 111 Å². The van der Waals surface area contributed by atoms with Gasteiger partial charge in [-0.1, -0.05) is 24.3 Å². The van der Waals surface area contributed by atoms with Crippen LogP contribution in [0.25, 0.3) is 12.2 Å². The summed E-state index contributed by atoms with van der Waals surface area (Å²) in [5.41, 5.74) is -1.02. The van der Waals surface area contributed by atoms with Gasteiger partial charge in [-0.15, -0.1) is 0 Å². The van der Waals surface area contributed by atoms with Crippen molar-refractivity contribution in [3.05, 3.63) is 90.0 Å². The lowest BCUT2D eigenvalue weighted by Crippen LogP contribution is -2.37. The largest absolute Gasteiger partial charge is 0.491 e. The molecule has 9 nitrogen and oxygen atoms in total. The lowest BCUT2D eigenvalue weighted by Gasteiger charge is -2.28. The van der Waals surface area contributed by atoms with Crippen LogP contribution in [0.3, 0.4) is 0 Å². The highest BCUT2D eigenvalue weighted by molar-refractivity contribution is 5.66. The molecule has 1 unspecified atom stereocenters. The molecule has 2 heterocycles. The fourth-order valence-corrected chi connectivity index (χ4v) is 3.41. The molecule has 4 rings (SSSR count). The SMILES string of the molecule is OCCOc1ccc(C=Cc2ncn(CC(O)(Cn3cncn3)c3ccc(F)cc3F)n2)cc1. The second-order valence-corrected chi connectivity index (χ2v) is 7.52. The van der Waals surface area contributed by atoms with Gasteiger partial charge in [0.05, 0.1) is 19.7 Å². The van der Waals surface area contributed by atoms with E-state index in [2.05, 4.69) is 20.2 Å². The van der Waals surface area contributed by atoms with Crippen LogP contribution in [0.1, 0.15) is 17.0 Å². The van der Waals surface area contributed by atoms with Gasteiger partial charge in [-0.25, -0.2) is 28.1 Å². The van der Waals surface area contributed by atoms with Crippen molar-refractivity contribution in [2.75, 3.05) is 13.2 Å². The van der Waals surface area contributed by atoms with Crippen molar-refractivity contribution < 1.29 is 23.7 Å². The smallest absolute Gasteiger partial charge is 0.173 e. The number of hydrogen-bond donors (Lipinski definition) is 2. The normalized spacial score (nSPS) is 13.3. The Morgan fingerprint density at radius 3 is 2.50 bits per heavy atom. The third-order valence-electron chi connectivity index (χ3n) is 4.97. The average Bonchev–Trinajstić information content (AvgIpc) is 3.48. The van der Waals surface area contributed by atoms with Gasteiger partial charge in [0.2, 0.25) is 0 Å². The van der Waals surface area contributed by atoms with E-state index in [-0.39, 0.29) is 31.9 Å². The number of halogens is 2. The summed E-state index contributed by atoms with van der Waals surface area (Å²) in [4.78, 5) is 8.06. The second-order valence-electron chi connectivity index (χ2n) is 7.52. The number of ether oxygens (including phenoxy) is 1. The first kappa shape index (κ1) is 23.2. The Kier molecular flexibility index (Phi) is 7.04. The number of rotatable bonds is 10. The lowest BCUT2D eigenvalue weighted by molar-refractivity contribution is -0.00857. The van der Waals surface area contributed by atoms with Gasteiger partial charge in [0.1, 0.15) is 48.6 Å². The standard InChI is InChI=1S/C23H22F2N6O3/c24-18-4-7-20(21(25)11-18)23(33,12-30-15-26-14-28-30)13-31-16-27-22(29-31)8-3-17-1-5-19(6-2-17)34-10-9-32/h1-8,11,14-16,32-33H,9-10,12-13H2. The van der Waals surface area contributed by atoms with E-state index in [1.165, 1.54) is 34.4 Å². The van der Waals surface area contributed by atoms with Gasteiger partial charge >= 0.3 is 0 Å². The van der Waals surface area contributed by atoms with E-state index in [4.69, 9.17) is 9.84 Å². The minimum Gasteiger partial charge on any atom is -0.491 e. The molecule has 0 aliphatic carbocycles. The second kappa shape index (κ2) is 10.3. The fraction of sp³-hybridized carbons (Fsp3) is 0.217. The summed E-state index contributed by atoms with van der Waals surface area (Å²) < 4.78 is 36.1. The molecular weight excluding hydrogens is 446 g/mol. The van der Waals surface area contributed by atoms with E-state index in [1.807, 2.05) is 12.1 Å². The Balaban J connectivity index is 1.52. The molecule has 4 aromatic rings. The van der Waals surface area contributed by atoms with Crippen LogP contribution in [0.15, 0.2) is 61.4 Å². The Hall–Kier alpha value is -3.96. The fourth-order valence-electron chi connectivity index (χ4n) is 3.41. The molecule has 34 heavy (non-hydrogen) atoms. The van der Waals surface area contributed by atoms with Crippen LogP contribution in [0.2, 0.25) is 0 Å². The highest BCUT2D eigenvalue weighted by Gasteiger charge is 2.34. The van der Waals surface area contributed by atoms with Gasteiger partial charge in [0, 0.05) is 11.6 Å². The lowest BCUT2D eigenvalue weighted by atomic mass is 9.93.